The molecule has 0 unspecified atom stereocenters. The molecule has 0 spiro atoms. The van der Waals surface area contributed by atoms with Gasteiger partial charge in [-0.25, -0.2) is 9.59 Å². The Hall–Kier alpha value is -3.15. The van der Waals surface area contributed by atoms with Crippen molar-refractivity contribution < 1.29 is 28.6 Å². The van der Waals surface area contributed by atoms with Crippen molar-refractivity contribution in [1.82, 2.24) is 0 Å². The number of carbonyl (C=O) groups excluding carboxylic acids is 3. The van der Waals surface area contributed by atoms with E-state index in [4.69, 9.17) is 9.47 Å². The molecule has 0 bridgehead atoms. The third kappa shape index (κ3) is 23.5. The average molecular weight is 473 g/mol. The van der Waals surface area contributed by atoms with Crippen LogP contribution in [-0.4, -0.2) is 38.2 Å². The predicted molar refractivity (Wildman–Crippen MR) is 136 cm³/mol. The summed E-state index contributed by atoms with van der Waals surface area (Å²) in [6.45, 7) is 2.44. The zero-order valence-corrected chi connectivity index (χ0v) is 20.7. The highest BCUT2D eigenvalue weighted by Gasteiger charge is 2.03. The summed E-state index contributed by atoms with van der Waals surface area (Å²) in [4.78, 5) is 33.8. The van der Waals surface area contributed by atoms with Gasteiger partial charge in [0.25, 0.3) is 0 Å². The van der Waals surface area contributed by atoms with Gasteiger partial charge in [0.15, 0.2) is 0 Å². The molecule has 0 saturated carbocycles. The lowest BCUT2D eigenvalue weighted by molar-refractivity contribution is -0.145. The Bertz CT molecular complexity index is 725. The summed E-state index contributed by atoms with van der Waals surface area (Å²) in [5, 5.41) is 0. The molecule has 0 rings (SSSR count). The minimum atomic E-state index is -0.645. The molecule has 0 fully saturated rings. The Morgan fingerprint density at radius 3 is 1.68 bits per heavy atom. The van der Waals surface area contributed by atoms with Gasteiger partial charge in [-0.05, 0) is 44.9 Å². The molecule has 6 nitrogen and oxygen atoms in total. The third-order valence-electron chi connectivity index (χ3n) is 4.26. The van der Waals surface area contributed by atoms with Crippen LogP contribution in [0.25, 0.3) is 0 Å². The monoisotopic (exact) mass is 472 g/mol. The van der Waals surface area contributed by atoms with E-state index in [1.54, 1.807) is 0 Å². The van der Waals surface area contributed by atoms with E-state index in [1.807, 2.05) is 0 Å². The maximum absolute atomic E-state index is 11.7. The van der Waals surface area contributed by atoms with Crippen LogP contribution >= 0.6 is 0 Å². The summed E-state index contributed by atoms with van der Waals surface area (Å²) in [5.74, 6) is -1.53. The van der Waals surface area contributed by atoms with Crippen LogP contribution in [0.3, 0.4) is 0 Å². The first-order chi connectivity index (χ1) is 16.6. The number of rotatable bonds is 19. The van der Waals surface area contributed by atoms with Crippen LogP contribution in [0, 0.1) is 0 Å². The highest BCUT2D eigenvalue weighted by Crippen LogP contribution is 2.01. The van der Waals surface area contributed by atoms with Gasteiger partial charge in [0, 0.05) is 25.0 Å². The molecular weight excluding hydrogens is 432 g/mol. The summed E-state index contributed by atoms with van der Waals surface area (Å²) in [7, 11) is 1.22. The van der Waals surface area contributed by atoms with Crippen molar-refractivity contribution in [2.75, 3.05) is 20.3 Å². The summed E-state index contributed by atoms with van der Waals surface area (Å²) in [6, 6.07) is 0. The van der Waals surface area contributed by atoms with Gasteiger partial charge < -0.3 is 14.2 Å². The summed E-state index contributed by atoms with van der Waals surface area (Å²) >= 11 is 0. The fourth-order valence-electron chi connectivity index (χ4n) is 2.47. The Labute approximate surface area is 204 Å². The molecular formula is C28H40O6. The van der Waals surface area contributed by atoms with Gasteiger partial charge >= 0.3 is 17.9 Å². The average Bonchev–Trinajstić information content (AvgIpc) is 2.84. The van der Waals surface area contributed by atoms with E-state index < -0.39 is 11.9 Å². The van der Waals surface area contributed by atoms with Crippen molar-refractivity contribution in [2.24, 2.45) is 0 Å². The summed E-state index contributed by atoms with van der Waals surface area (Å²) in [6.07, 6.45) is 30.7. The lowest BCUT2D eigenvalue weighted by Gasteiger charge is -2.04. The maximum atomic E-state index is 11.7. The van der Waals surface area contributed by atoms with E-state index in [1.165, 1.54) is 7.11 Å². The molecule has 0 heterocycles. The summed E-state index contributed by atoms with van der Waals surface area (Å²) in [5.41, 5.74) is 0. The molecule has 0 aliphatic rings. The molecule has 188 valence electrons. The van der Waals surface area contributed by atoms with E-state index >= 15 is 0 Å². The van der Waals surface area contributed by atoms with E-state index in [0.29, 0.717) is 12.8 Å². The first-order valence-electron chi connectivity index (χ1n) is 11.9. The van der Waals surface area contributed by atoms with E-state index in [2.05, 4.69) is 72.4 Å². The van der Waals surface area contributed by atoms with Crippen LogP contribution in [0.1, 0.15) is 64.7 Å². The molecule has 6 heteroatoms. The second-order valence-corrected chi connectivity index (χ2v) is 7.20. The molecule has 0 aromatic heterocycles. The van der Waals surface area contributed by atoms with E-state index in [0.717, 1.165) is 57.1 Å². The Morgan fingerprint density at radius 2 is 1.12 bits per heavy atom. The molecule has 0 saturated heterocycles. The maximum Gasteiger partial charge on any atom is 0.331 e. The van der Waals surface area contributed by atoms with Gasteiger partial charge in [0.05, 0.1) is 20.3 Å². The fourth-order valence-corrected chi connectivity index (χ4v) is 2.47. The standard InChI is InChI=1S/C28H40O6/c1-3-4-5-6-7-8-9-10-11-12-13-14-15-16-17-18-19-21-27(30)33-24-20-25-34-28(31)23-22-26(29)32-2/h4-5,7-8,10-11,13-14,16-17,22-23H,3,6,9,12,15,18-21,24-25H2,1-2H3/b5-4-,8-7-,11-10-,14-13-,17-16-,23-22+. The number of unbranched alkanes of at least 4 members (excludes halogenated alkanes) is 1. The van der Waals surface area contributed by atoms with Gasteiger partial charge in [-0.15, -0.1) is 0 Å². The molecule has 0 amide bonds. The molecule has 0 aromatic carbocycles. The van der Waals surface area contributed by atoms with Crippen molar-refractivity contribution in [1.29, 1.82) is 0 Å². The molecule has 0 radical (unpaired) electrons. The van der Waals surface area contributed by atoms with Crippen LogP contribution in [-0.2, 0) is 28.6 Å². The number of hydrogen-bond acceptors (Lipinski definition) is 6. The van der Waals surface area contributed by atoms with Crippen LogP contribution in [0.15, 0.2) is 72.9 Å². The summed E-state index contributed by atoms with van der Waals surface area (Å²) < 4.78 is 14.3. The van der Waals surface area contributed by atoms with Crippen LogP contribution in [0.5, 0.6) is 0 Å². The highest BCUT2D eigenvalue weighted by molar-refractivity contribution is 5.91. The third-order valence-corrected chi connectivity index (χ3v) is 4.26. The van der Waals surface area contributed by atoms with Gasteiger partial charge in [-0.1, -0.05) is 67.7 Å². The second-order valence-electron chi connectivity index (χ2n) is 7.20. The number of carbonyl (C=O) groups is 3. The van der Waals surface area contributed by atoms with Crippen molar-refractivity contribution >= 4 is 17.9 Å². The van der Waals surface area contributed by atoms with E-state index in [9.17, 15) is 14.4 Å². The molecule has 0 aromatic rings. The molecule has 0 aliphatic carbocycles. The number of ether oxygens (including phenoxy) is 3. The van der Waals surface area contributed by atoms with Crippen LogP contribution in [0.4, 0.5) is 0 Å². The predicted octanol–water partition coefficient (Wildman–Crippen LogP) is 6.11. The van der Waals surface area contributed by atoms with Crippen molar-refractivity contribution in [3.8, 4) is 0 Å². The molecule has 34 heavy (non-hydrogen) atoms. The zero-order valence-electron chi connectivity index (χ0n) is 20.7. The minimum absolute atomic E-state index is 0.109. The normalized spacial score (nSPS) is 12.2. The quantitative estimate of drug-likeness (QED) is 0.0741. The fraction of sp³-hybridized carbons (Fsp3) is 0.464. The van der Waals surface area contributed by atoms with Crippen molar-refractivity contribution in [2.45, 2.75) is 64.7 Å². The molecule has 0 N–H and O–H groups in total. The minimum Gasteiger partial charge on any atom is -0.466 e. The number of allylic oxidation sites excluding steroid dienone is 10. The Kier molecular flexibility index (Phi) is 22.2. The molecule has 0 aliphatic heterocycles. The smallest absolute Gasteiger partial charge is 0.331 e. The zero-order chi connectivity index (χ0) is 25.1. The molecule has 0 atom stereocenters. The van der Waals surface area contributed by atoms with Crippen molar-refractivity contribution in [3.05, 3.63) is 72.9 Å². The highest BCUT2D eigenvalue weighted by atomic mass is 16.5. The lowest BCUT2D eigenvalue weighted by atomic mass is 10.2. The second kappa shape index (κ2) is 24.5. The largest absolute Gasteiger partial charge is 0.466 e. The Morgan fingerprint density at radius 1 is 0.618 bits per heavy atom. The van der Waals surface area contributed by atoms with Gasteiger partial charge in [0.2, 0.25) is 0 Å². The van der Waals surface area contributed by atoms with Crippen LogP contribution < -0.4 is 0 Å². The van der Waals surface area contributed by atoms with Gasteiger partial charge in [-0.2, -0.15) is 0 Å². The first kappa shape index (κ1) is 30.9. The van der Waals surface area contributed by atoms with Crippen molar-refractivity contribution in [3.63, 3.8) is 0 Å². The topological polar surface area (TPSA) is 78.9 Å². The van der Waals surface area contributed by atoms with Gasteiger partial charge in [0.1, 0.15) is 0 Å². The lowest BCUT2D eigenvalue weighted by Crippen LogP contribution is -2.09. The number of hydrogen-bond donors (Lipinski definition) is 0. The van der Waals surface area contributed by atoms with E-state index in [-0.39, 0.29) is 19.2 Å². The Balaban J connectivity index is 3.59. The first-order valence-corrected chi connectivity index (χ1v) is 11.9. The SMILES string of the molecule is CC/C=C\C/C=C\C/C=C\C/C=C\C/C=C\CCCC(=O)OCCCOC(=O)/C=C/C(=O)OC. The number of methoxy groups -OCH3 is 1. The van der Waals surface area contributed by atoms with Gasteiger partial charge in [-0.3, -0.25) is 4.79 Å². The number of esters is 3. The van der Waals surface area contributed by atoms with Crippen LogP contribution in [0.2, 0.25) is 0 Å².